The molecule has 0 aliphatic carbocycles. The molecule has 2 aliphatic heterocycles. The molecule has 2 rings (SSSR count). The molecule has 2 aliphatic rings. The zero-order valence-electron chi connectivity index (χ0n) is 11.8. The highest BCUT2D eigenvalue weighted by Crippen LogP contribution is 2.25. The minimum absolute atomic E-state index is 0.0114. The zero-order chi connectivity index (χ0) is 14.0. The van der Waals surface area contributed by atoms with Crippen molar-refractivity contribution in [2.75, 3.05) is 19.3 Å². The van der Waals surface area contributed by atoms with Crippen molar-refractivity contribution in [3.63, 3.8) is 0 Å². The van der Waals surface area contributed by atoms with Crippen LogP contribution in [-0.4, -0.2) is 55.0 Å². The van der Waals surface area contributed by atoms with Crippen LogP contribution >= 0.6 is 0 Å². The Labute approximate surface area is 116 Å². The summed E-state index contributed by atoms with van der Waals surface area (Å²) >= 11 is 0. The van der Waals surface area contributed by atoms with Crippen LogP contribution in [0.1, 0.15) is 45.4 Å². The predicted octanol–water partition coefficient (Wildman–Crippen LogP) is 1.20. The summed E-state index contributed by atoms with van der Waals surface area (Å²) in [5.74, 6) is 0.0114. The van der Waals surface area contributed by atoms with E-state index in [0.29, 0.717) is 13.0 Å². The van der Waals surface area contributed by atoms with Crippen molar-refractivity contribution in [1.29, 1.82) is 0 Å². The summed E-state index contributed by atoms with van der Waals surface area (Å²) in [5.41, 5.74) is 0. The second-order valence-electron chi connectivity index (χ2n) is 5.76. The average molecular weight is 288 g/mol. The number of hydrogen-bond donors (Lipinski definition) is 0. The van der Waals surface area contributed by atoms with Gasteiger partial charge in [-0.3, -0.25) is 4.79 Å². The van der Waals surface area contributed by atoms with E-state index in [2.05, 4.69) is 6.92 Å². The van der Waals surface area contributed by atoms with Crippen molar-refractivity contribution in [1.82, 2.24) is 9.21 Å². The van der Waals surface area contributed by atoms with Gasteiger partial charge in [-0.2, -0.15) is 4.31 Å². The van der Waals surface area contributed by atoms with Crippen LogP contribution in [0.4, 0.5) is 0 Å². The highest BCUT2D eigenvalue weighted by Gasteiger charge is 2.38. The van der Waals surface area contributed by atoms with Gasteiger partial charge in [-0.1, -0.05) is 6.42 Å². The Hall–Kier alpha value is -0.620. The van der Waals surface area contributed by atoms with Crippen LogP contribution in [0.15, 0.2) is 0 Å². The van der Waals surface area contributed by atoms with E-state index < -0.39 is 16.1 Å². The summed E-state index contributed by atoms with van der Waals surface area (Å²) in [6.07, 6.45) is 6.87. The Bertz CT molecular complexity index is 435. The first-order chi connectivity index (χ1) is 8.91. The van der Waals surface area contributed by atoms with E-state index in [1.54, 1.807) is 0 Å². The number of carbonyl (C=O) groups excluding carboxylic acids is 1. The molecule has 2 fully saturated rings. The molecule has 0 saturated carbocycles. The van der Waals surface area contributed by atoms with E-state index in [-0.39, 0.29) is 11.9 Å². The van der Waals surface area contributed by atoms with Crippen molar-refractivity contribution >= 4 is 15.9 Å². The molecule has 110 valence electrons. The fraction of sp³-hybridized carbons (Fsp3) is 0.923. The molecule has 19 heavy (non-hydrogen) atoms. The van der Waals surface area contributed by atoms with Gasteiger partial charge in [0, 0.05) is 19.1 Å². The molecular formula is C13H24N2O3S. The summed E-state index contributed by atoms with van der Waals surface area (Å²) in [6, 6.07) is -0.228. The Balaban J connectivity index is 2.15. The van der Waals surface area contributed by atoms with Crippen molar-refractivity contribution < 1.29 is 13.2 Å². The van der Waals surface area contributed by atoms with E-state index in [0.717, 1.165) is 38.6 Å². The van der Waals surface area contributed by atoms with Gasteiger partial charge in [0.15, 0.2) is 0 Å². The van der Waals surface area contributed by atoms with E-state index >= 15 is 0 Å². The number of rotatable bonds is 2. The Morgan fingerprint density at radius 3 is 2.32 bits per heavy atom. The Morgan fingerprint density at radius 1 is 1.05 bits per heavy atom. The molecule has 0 N–H and O–H groups in total. The van der Waals surface area contributed by atoms with Gasteiger partial charge in [0.2, 0.25) is 15.9 Å². The third kappa shape index (κ3) is 3.28. The lowest BCUT2D eigenvalue weighted by Crippen LogP contribution is -2.55. The molecule has 0 aromatic heterocycles. The third-order valence-electron chi connectivity index (χ3n) is 4.25. The van der Waals surface area contributed by atoms with Gasteiger partial charge < -0.3 is 4.90 Å². The molecule has 0 radical (unpaired) electrons. The zero-order valence-corrected chi connectivity index (χ0v) is 12.7. The van der Waals surface area contributed by atoms with E-state index in [1.807, 2.05) is 4.90 Å². The van der Waals surface area contributed by atoms with Crippen molar-refractivity contribution in [2.45, 2.75) is 57.5 Å². The second-order valence-corrected chi connectivity index (χ2v) is 7.70. The fourth-order valence-electron chi connectivity index (χ4n) is 3.17. The number of carbonyl (C=O) groups is 1. The van der Waals surface area contributed by atoms with E-state index in [4.69, 9.17) is 0 Å². The maximum atomic E-state index is 12.6. The topological polar surface area (TPSA) is 57.7 Å². The van der Waals surface area contributed by atoms with Gasteiger partial charge in [-0.25, -0.2) is 8.42 Å². The molecule has 0 aromatic carbocycles. The number of likely N-dealkylation sites (tertiary alicyclic amines) is 1. The lowest BCUT2D eigenvalue weighted by molar-refractivity contribution is -0.139. The fourth-order valence-corrected chi connectivity index (χ4v) is 4.28. The summed E-state index contributed by atoms with van der Waals surface area (Å²) in [4.78, 5) is 14.5. The summed E-state index contributed by atoms with van der Waals surface area (Å²) < 4.78 is 25.0. The normalized spacial score (nSPS) is 30.3. The molecule has 2 heterocycles. The van der Waals surface area contributed by atoms with Gasteiger partial charge in [0.25, 0.3) is 0 Å². The SMILES string of the molecule is CC1CCCCN1C(=O)C1CCCCN1S(C)(=O)=O. The Kier molecular flexibility index (Phi) is 4.50. The van der Waals surface area contributed by atoms with Crippen LogP contribution in [0.2, 0.25) is 0 Å². The molecule has 2 atom stereocenters. The van der Waals surface area contributed by atoms with Crippen LogP contribution in [0, 0.1) is 0 Å². The third-order valence-corrected chi connectivity index (χ3v) is 5.54. The molecule has 2 unspecified atom stereocenters. The molecule has 5 nitrogen and oxygen atoms in total. The number of hydrogen-bond acceptors (Lipinski definition) is 3. The van der Waals surface area contributed by atoms with Crippen LogP contribution in [0.25, 0.3) is 0 Å². The summed E-state index contributed by atoms with van der Waals surface area (Å²) in [5, 5.41) is 0. The molecule has 2 saturated heterocycles. The van der Waals surface area contributed by atoms with Gasteiger partial charge >= 0.3 is 0 Å². The molecular weight excluding hydrogens is 264 g/mol. The monoisotopic (exact) mass is 288 g/mol. The molecule has 6 heteroatoms. The lowest BCUT2D eigenvalue weighted by Gasteiger charge is -2.40. The minimum atomic E-state index is -3.29. The molecule has 0 bridgehead atoms. The Morgan fingerprint density at radius 2 is 1.68 bits per heavy atom. The van der Waals surface area contributed by atoms with Crippen LogP contribution < -0.4 is 0 Å². The van der Waals surface area contributed by atoms with E-state index in [9.17, 15) is 13.2 Å². The minimum Gasteiger partial charge on any atom is -0.339 e. The van der Waals surface area contributed by atoms with Crippen LogP contribution in [-0.2, 0) is 14.8 Å². The van der Waals surface area contributed by atoms with Gasteiger partial charge in [-0.05, 0) is 39.0 Å². The highest BCUT2D eigenvalue weighted by atomic mass is 32.2. The number of piperidine rings is 2. The summed E-state index contributed by atoms with van der Waals surface area (Å²) in [6.45, 7) is 3.32. The molecule has 0 spiro atoms. The largest absolute Gasteiger partial charge is 0.339 e. The first-order valence-corrected chi connectivity index (χ1v) is 9.03. The quantitative estimate of drug-likeness (QED) is 0.767. The molecule has 1 amide bonds. The first-order valence-electron chi connectivity index (χ1n) is 7.18. The number of nitrogens with zero attached hydrogens (tertiary/aromatic N) is 2. The number of amides is 1. The van der Waals surface area contributed by atoms with Crippen LogP contribution in [0.3, 0.4) is 0 Å². The second kappa shape index (κ2) is 5.79. The van der Waals surface area contributed by atoms with Gasteiger partial charge in [-0.15, -0.1) is 0 Å². The van der Waals surface area contributed by atoms with Crippen molar-refractivity contribution in [3.8, 4) is 0 Å². The first kappa shape index (κ1) is 14.8. The standard InChI is InChI=1S/C13H24N2O3S/c1-11-7-3-5-9-14(11)13(16)12-8-4-6-10-15(12)19(2,17)18/h11-12H,3-10H2,1-2H3. The molecule has 0 aromatic rings. The number of sulfonamides is 1. The maximum absolute atomic E-state index is 12.6. The van der Waals surface area contributed by atoms with Crippen LogP contribution in [0.5, 0.6) is 0 Å². The lowest BCUT2D eigenvalue weighted by atomic mass is 9.99. The van der Waals surface area contributed by atoms with Gasteiger partial charge in [0.1, 0.15) is 6.04 Å². The highest BCUT2D eigenvalue weighted by molar-refractivity contribution is 7.88. The maximum Gasteiger partial charge on any atom is 0.241 e. The smallest absolute Gasteiger partial charge is 0.241 e. The summed E-state index contributed by atoms with van der Waals surface area (Å²) in [7, 11) is -3.29. The average Bonchev–Trinajstić information content (AvgIpc) is 2.37. The van der Waals surface area contributed by atoms with Crippen molar-refractivity contribution in [3.05, 3.63) is 0 Å². The van der Waals surface area contributed by atoms with Crippen molar-refractivity contribution in [2.24, 2.45) is 0 Å². The van der Waals surface area contributed by atoms with E-state index in [1.165, 1.54) is 10.6 Å². The van der Waals surface area contributed by atoms with Gasteiger partial charge in [0.05, 0.1) is 6.26 Å². The predicted molar refractivity (Wildman–Crippen MR) is 74.2 cm³/mol.